The van der Waals surface area contributed by atoms with Crippen molar-refractivity contribution < 1.29 is 0 Å². The predicted molar refractivity (Wildman–Crippen MR) is 61.6 cm³/mol. The first-order valence-electron chi connectivity index (χ1n) is 4.89. The van der Waals surface area contributed by atoms with Crippen LogP contribution in [-0.4, -0.2) is 12.2 Å². The summed E-state index contributed by atoms with van der Waals surface area (Å²) in [5.41, 5.74) is 9.12. The second kappa shape index (κ2) is 2.80. The number of nitrogens with zero attached hydrogens (tertiary/aromatic N) is 1. The van der Waals surface area contributed by atoms with Crippen LogP contribution in [0.5, 0.6) is 0 Å². The lowest BCUT2D eigenvalue weighted by atomic mass is 10.1. The summed E-state index contributed by atoms with van der Waals surface area (Å²) in [6, 6.07) is 6.00. The van der Waals surface area contributed by atoms with Gasteiger partial charge in [-0.3, -0.25) is 0 Å². The van der Waals surface area contributed by atoms with E-state index in [1.165, 1.54) is 11.4 Å². The summed E-state index contributed by atoms with van der Waals surface area (Å²) in [6.45, 7) is 7.47. The van der Waals surface area contributed by atoms with Crippen LogP contribution in [0.4, 0.5) is 17.1 Å². The minimum atomic E-state index is 0.131. The number of benzene rings is 1. The summed E-state index contributed by atoms with van der Waals surface area (Å²) < 4.78 is 0. The van der Waals surface area contributed by atoms with Crippen molar-refractivity contribution in [2.75, 3.05) is 22.6 Å². The molecule has 76 valence electrons. The van der Waals surface area contributed by atoms with Crippen molar-refractivity contribution in [3.63, 3.8) is 0 Å². The van der Waals surface area contributed by atoms with Crippen LogP contribution in [0, 0.1) is 0 Å². The maximum atomic E-state index is 5.78. The number of nitrogens with one attached hydrogen (secondary N) is 1. The number of nitrogen functional groups attached to an aromatic ring is 1. The van der Waals surface area contributed by atoms with Crippen molar-refractivity contribution in [3.8, 4) is 0 Å². The van der Waals surface area contributed by atoms with Crippen LogP contribution in [0.3, 0.4) is 0 Å². The van der Waals surface area contributed by atoms with E-state index in [1.54, 1.807) is 0 Å². The van der Waals surface area contributed by atoms with Crippen LogP contribution < -0.4 is 16.0 Å². The molecule has 1 aliphatic rings. The molecule has 14 heavy (non-hydrogen) atoms. The molecule has 3 heteroatoms. The third kappa shape index (κ3) is 1.39. The van der Waals surface area contributed by atoms with Gasteiger partial charge in [0.1, 0.15) is 0 Å². The Labute approximate surface area is 84.9 Å². The third-order valence-electron chi connectivity index (χ3n) is 2.55. The normalized spacial score (nSPS) is 15.2. The molecule has 0 unspecified atom stereocenters. The molecule has 0 aromatic heterocycles. The molecule has 2 rings (SSSR count). The Balaban J connectivity index is 2.43. The summed E-state index contributed by atoms with van der Waals surface area (Å²) in [4.78, 5) is 2.32. The Morgan fingerprint density at radius 1 is 1.36 bits per heavy atom. The van der Waals surface area contributed by atoms with Crippen LogP contribution in [0.2, 0.25) is 0 Å². The lowest BCUT2D eigenvalue weighted by Gasteiger charge is -2.33. The van der Waals surface area contributed by atoms with Gasteiger partial charge in [-0.2, -0.15) is 0 Å². The molecule has 0 saturated heterocycles. The lowest BCUT2D eigenvalue weighted by Crippen LogP contribution is -2.41. The molecular formula is C11H17N3. The summed E-state index contributed by atoms with van der Waals surface area (Å²) in [5, 5.41) is 3.35. The van der Waals surface area contributed by atoms with E-state index in [9.17, 15) is 0 Å². The lowest BCUT2D eigenvalue weighted by molar-refractivity contribution is 0.525. The molecule has 3 N–H and O–H groups in total. The molecule has 1 aromatic carbocycles. The van der Waals surface area contributed by atoms with Crippen LogP contribution in [0.15, 0.2) is 18.2 Å². The van der Waals surface area contributed by atoms with Gasteiger partial charge in [-0.15, -0.1) is 0 Å². The zero-order valence-corrected chi connectivity index (χ0v) is 8.96. The van der Waals surface area contributed by atoms with Crippen LogP contribution in [-0.2, 0) is 0 Å². The topological polar surface area (TPSA) is 41.3 Å². The molecule has 0 bridgehead atoms. The van der Waals surface area contributed by atoms with Gasteiger partial charge in [0.25, 0.3) is 0 Å². The van der Waals surface area contributed by atoms with E-state index in [4.69, 9.17) is 5.73 Å². The molecular weight excluding hydrogens is 174 g/mol. The number of hydrogen-bond acceptors (Lipinski definition) is 3. The van der Waals surface area contributed by atoms with Crippen LogP contribution in [0.25, 0.3) is 0 Å². The fraction of sp³-hybridized carbons (Fsp3) is 0.455. The Hall–Kier alpha value is -1.38. The Bertz CT molecular complexity index is 352. The standard InChI is InChI=1S/C11H17N3/c1-11(2,3)14-7-13-9-5-4-8(12)6-10(9)14/h4-6,13H,7,12H2,1-3H3. The highest BCUT2D eigenvalue weighted by molar-refractivity contribution is 5.78. The quantitative estimate of drug-likeness (QED) is 0.618. The highest BCUT2D eigenvalue weighted by Crippen LogP contribution is 2.36. The molecule has 0 aliphatic carbocycles. The second-order valence-electron chi connectivity index (χ2n) is 4.71. The van der Waals surface area contributed by atoms with Gasteiger partial charge < -0.3 is 16.0 Å². The molecule has 0 fully saturated rings. The van der Waals surface area contributed by atoms with Crippen molar-refractivity contribution in [1.82, 2.24) is 0 Å². The summed E-state index contributed by atoms with van der Waals surface area (Å²) in [5.74, 6) is 0. The molecule has 0 radical (unpaired) electrons. The fourth-order valence-electron chi connectivity index (χ4n) is 1.77. The molecule has 1 aromatic rings. The number of anilines is 3. The second-order valence-corrected chi connectivity index (χ2v) is 4.71. The van der Waals surface area contributed by atoms with E-state index in [2.05, 4.69) is 31.0 Å². The van der Waals surface area contributed by atoms with E-state index in [-0.39, 0.29) is 5.54 Å². The first-order valence-corrected chi connectivity index (χ1v) is 4.89. The third-order valence-corrected chi connectivity index (χ3v) is 2.55. The van der Waals surface area contributed by atoms with Crippen molar-refractivity contribution in [2.45, 2.75) is 26.3 Å². The van der Waals surface area contributed by atoms with E-state index in [0.717, 1.165) is 12.4 Å². The van der Waals surface area contributed by atoms with E-state index in [0.29, 0.717) is 0 Å². The zero-order chi connectivity index (χ0) is 10.3. The van der Waals surface area contributed by atoms with Crippen molar-refractivity contribution >= 4 is 17.1 Å². The Morgan fingerprint density at radius 2 is 2.07 bits per heavy atom. The van der Waals surface area contributed by atoms with Gasteiger partial charge in [0.05, 0.1) is 18.0 Å². The molecule has 0 amide bonds. The highest BCUT2D eigenvalue weighted by Gasteiger charge is 2.27. The Morgan fingerprint density at radius 3 is 2.71 bits per heavy atom. The maximum absolute atomic E-state index is 5.78. The summed E-state index contributed by atoms with van der Waals surface area (Å²) in [7, 11) is 0. The number of hydrogen-bond donors (Lipinski definition) is 2. The number of nitrogens with two attached hydrogens (primary N) is 1. The largest absolute Gasteiger partial charge is 0.399 e. The number of fused-ring (bicyclic) bond motifs is 1. The van der Waals surface area contributed by atoms with Gasteiger partial charge in [-0.25, -0.2) is 0 Å². The van der Waals surface area contributed by atoms with Gasteiger partial charge in [-0.1, -0.05) is 0 Å². The van der Waals surface area contributed by atoms with Crippen LogP contribution >= 0.6 is 0 Å². The van der Waals surface area contributed by atoms with E-state index >= 15 is 0 Å². The average molecular weight is 191 g/mol. The fourth-order valence-corrected chi connectivity index (χ4v) is 1.77. The molecule has 1 aliphatic heterocycles. The molecule has 0 atom stereocenters. The first kappa shape index (κ1) is 9.19. The minimum Gasteiger partial charge on any atom is -0.399 e. The summed E-state index contributed by atoms with van der Waals surface area (Å²) >= 11 is 0. The van der Waals surface area contributed by atoms with E-state index in [1.807, 2.05) is 18.2 Å². The van der Waals surface area contributed by atoms with Gasteiger partial charge in [0.15, 0.2) is 0 Å². The van der Waals surface area contributed by atoms with Gasteiger partial charge in [0.2, 0.25) is 0 Å². The van der Waals surface area contributed by atoms with Gasteiger partial charge in [0, 0.05) is 11.2 Å². The first-order chi connectivity index (χ1) is 6.48. The zero-order valence-electron chi connectivity index (χ0n) is 8.96. The van der Waals surface area contributed by atoms with Crippen LogP contribution in [0.1, 0.15) is 20.8 Å². The minimum absolute atomic E-state index is 0.131. The van der Waals surface area contributed by atoms with Gasteiger partial charge in [-0.05, 0) is 39.0 Å². The van der Waals surface area contributed by atoms with Crippen molar-refractivity contribution in [1.29, 1.82) is 0 Å². The smallest absolute Gasteiger partial charge is 0.0882 e. The van der Waals surface area contributed by atoms with Crippen molar-refractivity contribution in [2.24, 2.45) is 0 Å². The monoisotopic (exact) mass is 191 g/mol. The Kier molecular flexibility index (Phi) is 1.84. The van der Waals surface area contributed by atoms with Crippen molar-refractivity contribution in [3.05, 3.63) is 18.2 Å². The maximum Gasteiger partial charge on any atom is 0.0882 e. The number of rotatable bonds is 0. The van der Waals surface area contributed by atoms with Gasteiger partial charge >= 0.3 is 0 Å². The summed E-state index contributed by atoms with van der Waals surface area (Å²) in [6.07, 6.45) is 0. The highest BCUT2D eigenvalue weighted by atomic mass is 15.3. The molecule has 1 heterocycles. The molecule has 0 saturated carbocycles. The molecule has 3 nitrogen and oxygen atoms in total. The average Bonchev–Trinajstić information content (AvgIpc) is 2.45. The van der Waals surface area contributed by atoms with E-state index < -0.39 is 0 Å². The predicted octanol–water partition coefficient (Wildman–Crippen LogP) is 2.26. The molecule has 0 spiro atoms. The SMILES string of the molecule is CC(C)(C)N1CNc2ccc(N)cc21.